The number of ether oxygens (including phenoxy) is 2. The zero-order valence-electron chi connectivity index (χ0n) is 20.6. The second kappa shape index (κ2) is 9.40. The van der Waals surface area contributed by atoms with Crippen molar-refractivity contribution in [2.24, 2.45) is 0 Å². The number of rotatable bonds is 6. The summed E-state index contributed by atoms with van der Waals surface area (Å²) in [6.07, 6.45) is 4.13. The van der Waals surface area contributed by atoms with Gasteiger partial charge in [-0.15, -0.1) is 0 Å². The van der Waals surface area contributed by atoms with Gasteiger partial charge in [0.15, 0.2) is 27.2 Å². The zero-order valence-corrected chi connectivity index (χ0v) is 21.4. The first-order valence-corrected chi connectivity index (χ1v) is 14.1. The highest BCUT2D eigenvalue weighted by atomic mass is 32.2. The molecule has 2 saturated heterocycles. The van der Waals surface area contributed by atoms with E-state index >= 15 is 0 Å². The largest absolute Gasteiger partial charge is 0.488 e. The van der Waals surface area contributed by atoms with Gasteiger partial charge in [-0.1, -0.05) is 12.1 Å². The van der Waals surface area contributed by atoms with E-state index in [0.717, 1.165) is 16.5 Å². The molecule has 0 spiro atoms. The summed E-state index contributed by atoms with van der Waals surface area (Å²) >= 11 is 0. The zero-order chi connectivity index (χ0) is 24.6. The molecule has 0 aliphatic carbocycles. The second-order valence-corrected chi connectivity index (χ2v) is 11.7. The minimum atomic E-state index is -3.53. The Kier molecular flexibility index (Phi) is 6.45. The maximum Gasteiger partial charge on any atom is 0.185 e. The van der Waals surface area contributed by atoms with Gasteiger partial charge in [-0.3, -0.25) is 0 Å². The van der Waals surface area contributed by atoms with Crippen LogP contribution in [-0.2, 0) is 19.3 Å². The number of anilines is 1. The maximum absolute atomic E-state index is 13.5. The molecule has 188 valence electrons. The van der Waals surface area contributed by atoms with Crippen molar-refractivity contribution in [3.63, 3.8) is 0 Å². The van der Waals surface area contributed by atoms with Crippen LogP contribution < -0.4 is 9.64 Å². The Labute approximate surface area is 206 Å². The van der Waals surface area contributed by atoms with Crippen molar-refractivity contribution in [3.8, 4) is 17.1 Å². The molecule has 0 amide bonds. The quantitative estimate of drug-likeness (QED) is 0.553. The summed E-state index contributed by atoms with van der Waals surface area (Å²) in [4.78, 5) is 17.6. The third-order valence-electron chi connectivity index (χ3n) is 7.22. The first-order chi connectivity index (χ1) is 16.8. The van der Waals surface area contributed by atoms with Gasteiger partial charge >= 0.3 is 0 Å². The average molecular weight is 500 g/mol. The first-order valence-electron chi connectivity index (χ1n) is 12.2. The molecule has 35 heavy (non-hydrogen) atoms. The predicted molar refractivity (Wildman–Crippen MR) is 137 cm³/mol. The highest BCUT2D eigenvalue weighted by Crippen LogP contribution is 2.47. The number of nitrogens with zero attached hydrogens (tertiary/aromatic N) is 4. The topological polar surface area (TPSA) is 101 Å². The highest BCUT2D eigenvalue weighted by molar-refractivity contribution is 7.91. The molecule has 10 heteroatoms. The van der Waals surface area contributed by atoms with Crippen molar-refractivity contribution in [2.45, 2.75) is 24.5 Å². The number of nitrogens with one attached hydrogen (secondary N) is 1. The van der Waals surface area contributed by atoms with E-state index in [9.17, 15) is 8.42 Å². The van der Waals surface area contributed by atoms with E-state index in [1.807, 2.05) is 44.4 Å². The standard InChI is InChI=1S/C25H33N5O4S/c1-4-34-21-22(25(35(3,31)32)9-12-29(2)13-10-25)27-23(28-24(21)30-14-16-33-17-15-30)19-6-5-7-20-18(19)8-11-26-20/h5-8,11,26H,4,9-10,12-17H2,1-3H3. The van der Waals surface area contributed by atoms with Gasteiger partial charge in [-0.25, -0.2) is 18.4 Å². The fraction of sp³-hybridized carbons (Fsp3) is 0.520. The lowest BCUT2D eigenvalue weighted by Gasteiger charge is -2.40. The molecule has 3 aromatic rings. The van der Waals surface area contributed by atoms with Crippen molar-refractivity contribution in [3.05, 3.63) is 36.2 Å². The van der Waals surface area contributed by atoms with Crippen molar-refractivity contribution in [1.82, 2.24) is 19.9 Å². The Hall–Kier alpha value is -2.69. The number of aromatic amines is 1. The molecule has 0 atom stereocenters. The van der Waals surface area contributed by atoms with Crippen molar-refractivity contribution in [2.75, 3.05) is 64.2 Å². The molecular formula is C25H33N5O4S. The van der Waals surface area contributed by atoms with Crippen LogP contribution in [0.5, 0.6) is 5.75 Å². The minimum Gasteiger partial charge on any atom is -0.488 e. The molecule has 0 saturated carbocycles. The number of fused-ring (bicyclic) bond motifs is 1. The number of benzene rings is 1. The number of morpholine rings is 1. The summed E-state index contributed by atoms with van der Waals surface area (Å²) in [7, 11) is -1.51. The third kappa shape index (κ3) is 4.28. The molecule has 2 aromatic heterocycles. The van der Waals surface area contributed by atoms with Crippen LogP contribution >= 0.6 is 0 Å². The lowest BCUT2D eigenvalue weighted by Crippen LogP contribution is -2.47. The number of piperidine rings is 1. The first kappa shape index (κ1) is 24.0. The van der Waals surface area contributed by atoms with Crippen LogP contribution in [-0.4, -0.2) is 87.6 Å². The molecule has 5 rings (SSSR count). The van der Waals surface area contributed by atoms with Gasteiger partial charge < -0.3 is 24.3 Å². The molecule has 0 radical (unpaired) electrons. The Balaban J connectivity index is 1.80. The lowest BCUT2D eigenvalue weighted by molar-refractivity contribution is 0.122. The molecule has 2 fully saturated rings. The van der Waals surface area contributed by atoms with Gasteiger partial charge in [-0.05, 0) is 52.0 Å². The van der Waals surface area contributed by atoms with Crippen LogP contribution in [0.3, 0.4) is 0 Å². The van der Waals surface area contributed by atoms with Crippen molar-refractivity contribution < 1.29 is 17.9 Å². The van der Waals surface area contributed by atoms with E-state index in [0.29, 0.717) is 81.9 Å². The minimum absolute atomic E-state index is 0.389. The number of hydrogen-bond acceptors (Lipinski definition) is 8. The van der Waals surface area contributed by atoms with E-state index in [4.69, 9.17) is 19.4 Å². The molecule has 0 unspecified atom stereocenters. The monoisotopic (exact) mass is 499 g/mol. The van der Waals surface area contributed by atoms with Gasteiger partial charge in [0, 0.05) is 42.0 Å². The van der Waals surface area contributed by atoms with E-state index in [1.165, 1.54) is 6.26 Å². The predicted octanol–water partition coefficient (Wildman–Crippen LogP) is 2.83. The van der Waals surface area contributed by atoms with Crippen LogP contribution in [0.25, 0.3) is 22.3 Å². The second-order valence-electron chi connectivity index (χ2n) is 9.40. The van der Waals surface area contributed by atoms with Crippen LogP contribution in [0.2, 0.25) is 0 Å². The average Bonchev–Trinajstić information content (AvgIpc) is 3.34. The molecule has 1 N–H and O–H groups in total. The number of sulfone groups is 1. The Morgan fingerprint density at radius 1 is 1.11 bits per heavy atom. The van der Waals surface area contributed by atoms with Crippen LogP contribution in [0.1, 0.15) is 25.5 Å². The normalized spacial score (nSPS) is 19.2. The molecule has 0 bridgehead atoms. The molecule has 1 aromatic carbocycles. The van der Waals surface area contributed by atoms with Crippen LogP contribution in [0.15, 0.2) is 30.5 Å². The SMILES string of the molecule is CCOc1c(N2CCOCC2)nc(-c2cccc3[nH]ccc23)nc1C1(S(C)(=O)=O)CCN(C)CC1. The van der Waals surface area contributed by atoms with Gasteiger partial charge in [0.1, 0.15) is 10.4 Å². The Morgan fingerprint density at radius 3 is 2.54 bits per heavy atom. The lowest BCUT2D eigenvalue weighted by atomic mass is 9.91. The molecule has 2 aliphatic heterocycles. The van der Waals surface area contributed by atoms with Crippen LogP contribution in [0.4, 0.5) is 5.82 Å². The summed E-state index contributed by atoms with van der Waals surface area (Å²) < 4.78 is 37.6. The summed E-state index contributed by atoms with van der Waals surface area (Å²) in [5, 5.41) is 0.993. The van der Waals surface area contributed by atoms with Gasteiger partial charge in [-0.2, -0.15) is 0 Å². The van der Waals surface area contributed by atoms with E-state index in [2.05, 4.69) is 14.8 Å². The smallest absolute Gasteiger partial charge is 0.185 e. The Bertz CT molecular complexity index is 1310. The summed E-state index contributed by atoms with van der Waals surface area (Å²) in [5.74, 6) is 1.64. The Morgan fingerprint density at radius 2 is 1.86 bits per heavy atom. The van der Waals surface area contributed by atoms with Gasteiger partial charge in [0.05, 0.1) is 19.8 Å². The van der Waals surface area contributed by atoms with E-state index in [-0.39, 0.29) is 0 Å². The summed E-state index contributed by atoms with van der Waals surface area (Å²) in [6.45, 7) is 6.09. The fourth-order valence-electron chi connectivity index (χ4n) is 5.18. The maximum atomic E-state index is 13.5. The van der Waals surface area contributed by atoms with Gasteiger partial charge in [0.2, 0.25) is 0 Å². The summed E-state index contributed by atoms with van der Waals surface area (Å²) in [5.41, 5.74) is 2.32. The van der Waals surface area contributed by atoms with E-state index < -0.39 is 14.6 Å². The molecule has 2 aliphatic rings. The number of aromatic nitrogens is 3. The van der Waals surface area contributed by atoms with Crippen molar-refractivity contribution in [1.29, 1.82) is 0 Å². The third-order valence-corrected chi connectivity index (χ3v) is 9.24. The highest BCUT2D eigenvalue weighted by Gasteiger charge is 2.49. The number of likely N-dealkylation sites (tertiary alicyclic amines) is 1. The number of H-pyrrole nitrogens is 1. The molecule has 9 nitrogen and oxygen atoms in total. The molecule has 4 heterocycles. The summed E-state index contributed by atoms with van der Waals surface area (Å²) in [6, 6.07) is 7.96. The van der Waals surface area contributed by atoms with Crippen LogP contribution in [0, 0.1) is 0 Å². The van der Waals surface area contributed by atoms with Gasteiger partial charge in [0.25, 0.3) is 0 Å². The fourth-order valence-corrected chi connectivity index (χ4v) is 6.59. The molecular weight excluding hydrogens is 466 g/mol. The number of hydrogen-bond donors (Lipinski definition) is 1. The van der Waals surface area contributed by atoms with E-state index in [1.54, 1.807) is 0 Å². The van der Waals surface area contributed by atoms with Crippen molar-refractivity contribution >= 4 is 26.6 Å².